The molecule has 0 aliphatic carbocycles. The van der Waals surface area contributed by atoms with Gasteiger partial charge in [-0.05, 0) is 23.8 Å². The number of rotatable bonds is 5. The number of thiazole rings is 1. The second-order valence-corrected chi connectivity index (χ2v) is 6.50. The molecule has 0 unspecified atom stereocenters. The number of anilines is 1. The van der Waals surface area contributed by atoms with E-state index in [9.17, 15) is 4.79 Å². The third-order valence-corrected chi connectivity index (χ3v) is 4.87. The van der Waals surface area contributed by atoms with E-state index in [2.05, 4.69) is 31.8 Å². The summed E-state index contributed by atoms with van der Waals surface area (Å²) in [7, 11) is 1.59. The van der Waals surface area contributed by atoms with E-state index >= 15 is 0 Å². The Bertz CT molecular complexity index is 1150. The standard InChI is InChI=1S/C19H15N5O2S/c1-3-16(25)23-15-10-27-19(24-15)12-6-13-14(9-22-18(13)21-8-12)11-4-5-20-17(7-11)26-2/h3-10H,1H2,2H3,(H,21,22)(H,23,25). The maximum Gasteiger partial charge on any atom is 0.248 e. The summed E-state index contributed by atoms with van der Waals surface area (Å²) in [5, 5.41) is 6.18. The minimum absolute atomic E-state index is 0.292. The lowest BCUT2D eigenvalue weighted by Crippen LogP contribution is -2.07. The van der Waals surface area contributed by atoms with E-state index in [1.165, 1.54) is 17.4 Å². The Kier molecular flexibility index (Phi) is 4.39. The number of pyridine rings is 2. The van der Waals surface area contributed by atoms with Crippen molar-refractivity contribution < 1.29 is 9.53 Å². The zero-order valence-electron chi connectivity index (χ0n) is 14.4. The van der Waals surface area contributed by atoms with Gasteiger partial charge in [-0.1, -0.05) is 6.58 Å². The van der Waals surface area contributed by atoms with Crippen molar-refractivity contribution in [1.29, 1.82) is 0 Å². The van der Waals surface area contributed by atoms with Gasteiger partial charge in [0, 0.05) is 46.6 Å². The molecular weight excluding hydrogens is 362 g/mol. The summed E-state index contributed by atoms with van der Waals surface area (Å²) < 4.78 is 5.21. The second-order valence-electron chi connectivity index (χ2n) is 5.64. The molecule has 4 aromatic heterocycles. The van der Waals surface area contributed by atoms with E-state index in [-0.39, 0.29) is 5.91 Å². The van der Waals surface area contributed by atoms with Crippen molar-refractivity contribution in [1.82, 2.24) is 19.9 Å². The van der Waals surface area contributed by atoms with Crippen LogP contribution in [0.2, 0.25) is 0 Å². The Hall–Kier alpha value is -3.52. The van der Waals surface area contributed by atoms with Crippen LogP contribution < -0.4 is 10.1 Å². The van der Waals surface area contributed by atoms with Crippen LogP contribution in [0.3, 0.4) is 0 Å². The van der Waals surface area contributed by atoms with Crippen LogP contribution >= 0.6 is 11.3 Å². The molecule has 0 bridgehead atoms. The quantitative estimate of drug-likeness (QED) is 0.515. The molecule has 0 atom stereocenters. The molecule has 4 heterocycles. The fraction of sp³-hybridized carbons (Fsp3) is 0.0526. The number of hydrogen-bond donors (Lipinski definition) is 2. The summed E-state index contributed by atoms with van der Waals surface area (Å²) in [5.41, 5.74) is 3.62. The van der Waals surface area contributed by atoms with Crippen LogP contribution in [0.25, 0.3) is 32.7 Å². The molecular formula is C19H15N5O2S. The van der Waals surface area contributed by atoms with E-state index in [1.807, 2.05) is 24.4 Å². The molecule has 8 heteroatoms. The van der Waals surface area contributed by atoms with Crippen molar-refractivity contribution in [3.05, 3.63) is 54.8 Å². The van der Waals surface area contributed by atoms with Gasteiger partial charge in [0.15, 0.2) is 0 Å². The number of nitrogens with one attached hydrogen (secondary N) is 2. The topological polar surface area (TPSA) is 92.8 Å². The van der Waals surface area contributed by atoms with Crippen LogP contribution in [0.5, 0.6) is 5.88 Å². The van der Waals surface area contributed by atoms with Crippen LogP contribution in [-0.2, 0) is 4.79 Å². The molecule has 0 fully saturated rings. The Morgan fingerprint density at radius 1 is 1.33 bits per heavy atom. The van der Waals surface area contributed by atoms with Gasteiger partial charge >= 0.3 is 0 Å². The maximum atomic E-state index is 11.4. The van der Waals surface area contributed by atoms with Crippen molar-refractivity contribution in [2.75, 3.05) is 12.4 Å². The summed E-state index contributed by atoms with van der Waals surface area (Å²) in [4.78, 5) is 27.7. The monoisotopic (exact) mass is 377 g/mol. The van der Waals surface area contributed by atoms with E-state index in [4.69, 9.17) is 4.74 Å². The summed E-state index contributed by atoms with van der Waals surface area (Å²) >= 11 is 1.43. The van der Waals surface area contributed by atoms with Gasteiger partial charge in [-0.2, -0.15) is 0 Å². The van der Waals surface area contributed by atoms with E-state index in [0.29, 0.717) is 11.7 Å². The largest absolute Gasteiger partial charge is 0.481 e. The Balaban J connectivity index is 1.74. The van der Waals surface area contributed by atoms with Crippen molar-refractivity contribution in [3.8, 4) is 27.6 Å². The van der Waals surface area contributed by atoms with Crippen molar-refractivity contribution in [2.24, 2.45) is 0 Å². The van der Waals surface area contributed by atoms with Crippen LogP contribution in [0.15, 0.2) is 54.8 Å². The number of nitrogens with zero attached hydrogens (tertiary/aromatic N) is 3. The summed E-state index contributed by atoms with van der Waals surface area (Å²) in [6.07, 6.45) is 6.59. The summed E-state index contributed by atoms with van der Waals surface area (Å²) in [6.45, 7) is 3.44. The number of carbonyl (C=O) groups is 1. The third kappa shape index (κ3) is 3.30. The van der Waals surface area contributed by atoms with Crippen molar-refractivity contribution in [3.63, 3.8) is 0 Å². The third-order valence-electron chi connectivity index (χ3n) is 3.97. The SMILES string of the molecule is C=CC(=O)Nc1csc(-c2cnc3[nH]cc(-c4ccnc(OC)c4)c3c2)n1. The molecule has 27 heavy (non-hydrogen) atoms. The predicted octanol–water partition coefficient (Wildman–Crippen LogP) is 3.88. The highest BCUT2D eigenvalue weighted by Crippen LogP contribution is 2.33. The van der Waals surface area contributed by atoms with Crippen LogP contribution in [0, 0.1) is 0 Å². The van der Waals surface area contributed by atoms with Gasteiger partial charge in [0.2, 0.25) is 11.8 Å². The molecule has 0 saturated carbocycles. The number of aromatic amines is 1. The predicted molar refractivity (Wildman–Crippen MR) is 106 cm³/mol. The summed E-state index contributed by atoms with van der Waals surface area (Å²) in [6, 6.07) is 5.82. The lowest BCUT2D eigenvalue weighted by molar-refractivity contribution is -0.111. The molecule has 0 saturated heterocycles. The molecule has 1 amide bonds. The highest BCUT2D eigenvalue weighted by molar-refractivity contribution is 7.13. The Labute approximate surface area is 158 Å². The fourth-order valence-corrected chi connectivity index (χ4v) is 3.42. The number of ether oxygens (including phenoxy) is 1. The normalized spacial score (nSPS) is 10.7. The van der Waals surface area contributed by atoms with Gasteiger partial charge in [-0.15, -0.1) is 11.3 Å². The molecule has 7 nitrogen and oxygen atoms in total. The first-order chi connectivity index (χ1) is 13.2. The van der Waals surface area contributed by atoms with Crippen molar-refractivity contribution >= 4 is 34.1 Å². The van der Waals surface area contributed by atoms with Crippen LogP contribution in [0.4, 0.5) is 5.82 Å². The first kappa shape index (κ1) is 16.9. The maximum absolute atomic E-state index is 11.4. The molecule has 4 aromatic rings. The van der Waals surface area contributed by atoms with Gasteiger partial charge in [-0.25, -0.2) is 15.0 Å². The molecule has 134 valence electrons. The van der Waals surface area contributed by atoms with Gasteiger partial charge in [0.1, 0.15) is 16.5 Å². The minimum atomic E-state index is -0.292. The zero-order valence-corrected chi connectivity index (χ0v) is 15.2. The number of methoxy groups -OCH3 is 1. The lowest BCUT2D eigenvalue weighted by Gasteiger charge is -2.03. The van der Waals surface area contributed by atoms with E-state index in [0.717, 1.165) is 32.7 Å². The highest BCUT2D eigenvalue weighted by Gasteiger charge is 2.12. The molecule has 0 aliphatic heterocycles. The zero-order chi connectivity index (χ0) is 18.8. The molecule has 0 aliphatic rings. The highest BCUT2D eigenvalue weighted by atomic mass is 32.1. The van der Waals surface area contributed by atoms with Gasteiger partial charge in [0.05, 0.1) is 7.11 Å². The molecule has 0 spiro atoms. The van der Waals surface area contributed by atoms with Crippen LogP contribution in [0.1, 0.15) is 0 Å². The fourth-order valence-electron chi connectivity index (χ4n) is 2.69. The minimum Gasteiger partial charge on any atom is -0.481 e. The van der Waals surface area contributed by atoms with Gasteiger partial charge in [0.25, 0.3) is 0 Å². The second kappa shape index (κ2) is 7.00. The number of H-pyrrole nitrogens is 1. The Morgan fingerprint density at radius 3 is 3.04 bits per heavy atom. The average Bonchev–Trinajstić information content (AvgIpc) is 3.34. The number of hydrogen-bond acceptors (Lipinski definition) is 6. The van der Waals surface area contributed by atoms with E-state index in [1.54, 1.807) is 24.9 Å². The van der Waals surface area contributed by atoms with Crippen molar-refractivity contribution in [2.45, 2.75) is 0 Å². The Morgan fingerprint density at radius 2 is 2.22 bits per heavy atom. The smallest absolute Gasteiger partial charge is 0.248 e. The number of carbonyl (C=O) groups excluding carboxylic acids is 1. The molecule has 4 rings (SSSR count). The first-order valence-electron chi connectivity index (χ1n) is 8.05. The number of amides is 1. The molecule has 2 N–H and O–H groups in total. The van der Waals surface area contributed by atoms with Crippen LogP contribution in [-0.4, -0.2) is 33.0 Å². The number of aromatic nitrogens is 4. The lowest BCUT2D eigenvalue weighted by atomic mass is 10.1. The number of fused-ring (bicyclic) bond motifs is 1. The average molecular weight is 377 g/mol. The molecule has 0 aromatic carbocycles. The van der Waals surface area contributed by atoms with Gasteiger partial charge in [-0.3, -0.25) is 4.79 Å². The molecule has 0 radical (unpaired) electrons. The van der Waals surface area contributed by atoms with Gasteiger partial charge < -0.3 is 15.0 Å². The van der Waals surface area contributed by atoms with E-state index < -0.39 is 0 Å². The first-order valence-corrected chi connectivity index (χ1v) is 8.93. The summed E-state index contributed by atoms with van der Waals surface area (Å²) in [5.74, 6) is 0.752.